The van der Waals surface area contributed by atoms with Crippen LogP contribution in [0, 0.1) is 0 Å². The lowest BCUT2D eigenvalue weighted by atomic mass is 10.1. The van der Waals surface area contributed by atoms with Gasteiger partial charge in [-0.1, -0.05) is 65.2 Å². The van der Waals surface area contributed by atoms with Crippen LogP contribution in [0.25, 0.3) is 0 Å². The minimum Gasteiger partial charge on any atom is -0.366 e. The Kier molecular flexibility index (Phi) is 21.6. The first-order valence-corrected chi connectivity index (χ1v) is 10.3. The predicted molar refractivity (Wildman–Crippen MR) is 102 cm³/mol. The highest BCUT2D eigenvalue weighted by atomic mass is 31.1. The minimum absolute atomic E-state index is 0.261. The van der Waals surface area contributed by atoms with E-state index in [2.05, 4.69) is 27.9 Å². The predicted octanol–water partition coefficient (Wildman–Crippen LogP) is 5.18. The maximum atomic E-state index is 9.11. The summed E-state index contributed by atoms with van der Waals surface area (Å²) in [6.45, 7) is 5.73. The summed E-state index contributed by atoms with van der Waals surface area (Å²) in [7, 11) is 6.60. The van der Waals surface area contributed by atoms with Crippen LogP contribution < -0.4 is 0 Å². The summed E-state index contributed by atoms with van der Waals surface area (Å²) >= 11 is 0. The van der Waals surface area contributed by atoms with Gasteiger partial charge in [-0.25, -0.2) is 0 Å². The molecule has 0 heterocycles. The summed E-state index contributed by atoms with van der Waals surface area (Å²) in [4.78, 5) is 0. The van der Waals surface area contributed by atoms with Gasteiger partial charge in [0.05, 0.1) is 20.6 Å². The van der Waals surface area contributed by atoms with Crippen molar-refractivity contribution in [1.82, 2.24) is 0 Å². The van der Waals surface area contributed by atoms with Crippen molar-refractivity contribution in [2.75, 3.05) is 40.6 Å². The average Bonchev–Trinajstić information content (AvgIpc) is 2.50. The fraction of sp³-hybridized carbons (Fsp3) is 1.00. The fourth-order valence-electron chi connectivity index (χ4n) is 2.24. The largest absolute Gasteiger partial charge is 0.366 e. The van der Waals surface area contributed by atoms with Crippen LogP contribution in [-0.2, 0) is 4.52 Å². The Morgan fingerprint density at radius 1 is 0.818 bits per heavy atom. The molecule has 0 rings (SSSR count). The number of rotatable bonds is 14. The molecule has 1 N–H and O–H groups in total. The topological polar surface area (TPSA) is 29.5 Å². The second-order valence-electron chi connectivity index (χ2n) is 6.68. The molecule has 22 heavy (non-hydrogen) atoms. The van der Waals surface area contributed by atoms with Crippen LogP contribution in [0.2, 0.25) is 0 Å². The smallest absolute Gasteiger partial charge is 0.179 e. The van der Waals surface area contributed by atoms with E-state index in [1.807, 2.05) is 0 Å². The maximum Gasteiger partial charge on any atom is 0.179 e. The van der Waals surface area contributed by atoms with E-state index in [9.17, 15) is 0 Å². The molecule has 0 bridgehead atoms. The van der Waals surface area contributed by atoms with Gasteiger partial charge in [-0.3, -0.25) is 0 Å². The van der Waals surface area contributed by atoms with Crippen molar-refractivity contribution < 1.29 is 14.1 Å². The second-order valence-corrected chi connectivity index (χ2v) is 8.09. The first-order chi connectivity index (χ1) is 10.5. The van der Waals surface area contributed by atoms with Gasteiger partial charge in [0, 0.05) is 15.9 Å². The van der Waals surface area contributed by atoms with Gasteiger partial charge in [-0.2, -0.15) is 0 Å². The zero-order valence-corrected chi connectivity index (χ0v) is 17.0. The van der Waals surface area contributed by atoms with Crippen LogP contribution >= 0.6 is 8.81 Å². The molecule has 0 saturated carbocycles. The summed E-state index contributed by atoms with van der Waals surface area (Å²) in [5.41, 5.74) is 0. The molecule has 1 atom stereocenters. The Hall–Kier alpha value is 0.310. The van der Waals surface area contributed by atoms with E-state index in [1.165, 1.54) is 64.2 Å². The standard InChI is InChI=1S/C15H34NO.C3H9OP/c1-4-5-6-7-8-9-10-11-12-13-14-16(2,3)15-17;1-3-5-4-2/h17H,4-15H2,1-3H3;5H,3H2,1-2H3/q+1;. The molecule has 0 aromatic rings. The second kappa shape index (κ2) is 19.4. The lowest BCUT2D eigenvalue weighted by molar-refractivity contribution is -0.909. The van der Waals surface area contributed by atoms with Crippen LogP contribution in [0.4, 0.5) is 0 Å². The lowest BCUT2D eigenvalue weighted by Gasteiger charge is -2.26. The van der Waals surface area contributed by atoms with E-state index in [1.54, 1.807) is 7.11 Å². The first-order valence-electron chi connectivity index (χ1n) is 9.22. The zero-order valence-electron chi connectivity index (χ0n) is 16.0. The van der Waals surface area contributed by atoms with E-state index in [4.69, 9.17) is 9.63 Å². The Morgan fingerprint density at radius 3 is 1.59 bits per heavy atom. The number of hydrogen-bond acceptors (Lipinski definition) is 2. The van der Waals surface area contributed by atoms with Crippen molar-refractivity contribution in [3.05, 3.63) is 0 Å². The number of nitrogens with zero attached hydrogens (tertiary/aromatic N) is 1. The molecule has 0 radical (unpaired) electrons. The van der Waals surface area contributed by atoms with Crippen LogP contribution in [0.5, 0.6) is 0 Å². The van der Waals surface area contributed by atoms with Gasteiger partial charge in [0.2, 0.25) is 0 Å². The van der Waals surface area contributed by atoms with Crippen LogP contribution in [-0.4, -0.2) is 50.2 Å². The fourth-order valence-corrected chi connectivity index (χ4v) is 2.53. The SMILES string of the molecule is CCCCCCCCCCCC[N+](C)(C)CO.CCPOC. The van der Waals surface area contributed by atoms with Gasteiger partial charge in [0.15, 0.2) is 6.73 Å². The van der Waals surface area contributed by atoms with E-state index in [0.717, 1.165) is 17.2 Å². The van der Waals surface area contributed by atoms with Gasteiger partial charge < -0.3 is 14.1 Å². The van der Waals surface area contributed by atoms with Gasteiger partial charge in [-0.05, 0) is 19.0 Å². The molecule has 0 aliphatic heterocycles. The third-order valence-electron chi connectivity index (χ3n) is 3.79. The molecule has 0 spiro atoms. The van der Waals surface area contributed by atoms with E-state index in [0.29, 0.717) is 8.81 Å². The molecule has 4 heteroatoms. The van der Waals surface area contributed by atoms with E-state index in [-0.39, 0.29) is 6.73 Å². The number of quaternary nitrogens is 1. The summed E-state index contributed by atoms with van der Waals surface area (Å²) in [6, 6.07) is 0. The Bertz CT molecular complexity index is 200. The van der Waals surface area contributed by atoms with Gasteiger partial charge in [0.1, 0.15) is 0 Å². The molecule has 1 unspecified atom stereocenters. The average molecular weight is 337 g/mol. The van der Waals surface area contributed by atoms with Crippen molar-refractivity contribution >= 4 is 8.81 Å². The van der Waals surface area contributed by atoms with Crippen molar-refractivity contribution in [2.45, 2.75) is 78.1 Å². The summed E-state index contributed by atoms with van der Waals surface area (Å²) in [6.07, 6.45) is 15.0. The van der Waals surface area contributed by atoms with Gasteiger partial charge in [0.25, 0.3) is 0 Å². The number of unbranched alkanes of at least 4 members (excludes halogenated alkanes) is 9. The first kappa shape index (κ1) is 24.6. The van der Waals surface area contributed by atoms with Gasteiger partial charge >= 0.3 is 0 Å². The molecular weight excluding hydrogens is 293 g/mol. The highest BCUT2D eigenvalue weighted by Gasteiger charge is 2.11. The molecule has 136 valence electrons. The molecule has 0 aromatic carbocycles. The maximum absolute atomic E-state index is 9.11. The molecule has 3 nitrogen and oxygen atoms in total. The Morgan fingerprint density at radius 2 is 1.27 bits per heavy atom. The van der Waals surface area contributed by atoms with Crippen molar-refractivity contribution in [2.24, 2.45) is 0 Å². The Labute approximate surface area is 142 Å². The van der Waals surface area contributed by atoms with Crippen LogP contribution in [0.1, 0.15) is 78.1 Å². The van der Waals surface area contributed by atoms with E-state index >= 15 is 0 Å². The molecule has 0 aromatic heterocycles. The molecule has 0 saturated heterocycles. The van der Waals surface area contributed by atoms with Crippen LogP contribution in [0.3, 0.4) is 0 Å². The molecular formula is C18H43NO2P+. The summed E-state index contributed by atoms with van der Waals surface area (Å²) < 4.78 is 5.47. The third-order valence-corrected chi connectivity index (χ3v) is 4.37. The lowest BCUT2D eigenvalue weighted by Crippen LogP contribution is -2.41. The number of aliphatic hydroxyl groups excluding tert-OH is 1. The molecule has 0 aliphatic carbocycles. The highest BCUT2D eigenvalue weighted by molar-refractivity contribution is 7.32. The Balaban J connectivity index is 0. The van der Waals surface area contributed by atoms with Crippen LogP contribution in [0.15, 0.2) is 0 Å². The highest BCUT2D eigenvalue weighted by Crippen LogP contribution is 2.11. The third kappa shape index (κ3) is 22.6. The van der Waals surface area contributed by atoms with E-state index < -0.39 is 0 Å². The molecule has 0 amide bonds. The minimum atomic E-state index is 0.261. The normalized spacial score (nSPS) is 11.7. The van der Waals surface area contributed by atoms with Crippen molar-refractivity contribution in [1.29, 1.82) is 0 Å². The number of aliphatic hydroxyl groups is 1. The summed E-state index contributed by atoms with van der Waals surface area (Å²) in [5.74, 6) is 0. The number of hydrogen-bond donors (Lipinski definition) is 1. The molecule has 0 aliphatic rings. The van der Waals surface area contributed by atoms with Crippen molar-refractivity contribution in [3.8, 4) is 0 Å². The summed E-state index contributed by atoms with van der Waals surface area (Å²) in [5, 5.41) is 9.11. The quantitative estimate of drug-likeness (QED) is 0.205. The van der Waals surface area contributed by atoms with Gasteiger partial charge in [-0.15, -0.1) is 0 Å². The van der Waals surface area contributed by atoms with Crippen molar-refractivity contribution in [3.63, 3.8) is 0 Å². The zero-order chi connectivity index (χ0) is 17.1. The monoisotopic (exact) mass is 336 g/mol. The molecule has 0 fully saturated rings.